The first-order valence-electron chi connectivity index (χ1n) is 7.96. The van der Waals surface area contributed by atoms with E-state index in [2.05, 4.69) is 9.50 Å². The number of allylic oxidation sites excluding steroid dienone is 1. The second-order valence-corrected chi connectivity index (χ2v) is 7.02. The predicted octanol–water partition coefficient (Wildman–Crippen LogP) is 3.05. The zero-order chi connectivity index (χ0) is 18.4. The van der Waals surface area contributed by atoms with Gasteiger partial charge in [-0.1, -0.05) is 48.5 Å². The van der Waals surface area contributed by atoms with Gasteiger partial charge in [0.25, 0.3) is 10.0 Å². The molecule has 0 unspecified atom stereocenters. The summed E-state index contributed by atoms with van der Waals surface area (Å²) in [6, 6.07) is 18.4. The van der Waals surface area contributed by atoms with Crippen molar-refractivity contribution in [2.75, 3.05) is 6.54 Å². The van der Waals surface area contributed by atoms with Crippen molar-refractivity contribution < 1.29 is 8.42 Å². The van der Waals surface area contributed by atoms with E-state index >= 15 is 0 Å². The van der Waals surface area contributed by atoms with Gasteiger partial charge in [-0.15, -0.1) is 4.40 Å². The number of nitrogens with zero attached hydrogens (tertiary/aromatic N) is 4. The topological polar surface area (TPSA) is 85.9 Å². The normalized spacial score (nSPS) is 15.0. The fraction of sp³-hybridized carbons (Fsp3) is 0.105. The number of amidine groups is 1. The fourth-order valence-corrected chi connectivity index (χ4v) is 3.69. The van der Waals surface area contributed by atoms with Crippen molar-refractivity contribution in [2.45, 2.75) is 11.3 Å². The number of sulfonamides is 1. The summed E-state index contributed by atoms with van der Waals surface area (Å²) < 4.78 is 28.3. The fourth-order valence-electron chi connectivity index (χ4n) is 2.49. The molecule has 1 aliphatic rings. The lowest BCUT2D eigenvalue weighted by atomic mass is 10.2. The highest BCUT2D eigenvalue weighted by Gasteiger charge is 2.31. The maximum Gasteiger partial charge on any atom is 0.285 e. The quantitative estimate of drug-likeness (QED) is 0.603. The standard InChI is InChI=1S/C19H16N4O2S/c20-13-7-15-23(21-14-6-10-16-8-2-1-3-9-16)19-17-11-4-5-12-18(17)26(24,25)22-19/h1-6,8-12,14H,7,15H2/b10-6+,21-14?. The Hall–Kier alpha value is -3.24. The average molecular weight is 364 g/mol. The van der Waals surface area contributed by atoms with Crippen molar-refractivity contribution in [3.05, 3.63) is 71.8 Å². The van der Waals surface area contributed by atoms with Crippen molar-refractivity contribution in [1.29, 1.82) is 5.26 Å². The Bertz CT molecular complexity index is 1020. The number of rotatable bonds is 5. The monoisotopic (exact) mass is 364 g/mol. The number of hydrogen-bond donors (Lipinski definition) is 0. The maximum atomic E-state index is 12.2. The van der Waals surface area contributed by atoms with E-state index < -0.39 is 10.0 Å². The summed E-state index contributed by atoms with van der Waals surface area (Å²) in [5.74, 6) is 0.236. The van der Waals surface area contributed by atoms with Crippen LogP contribution < -0.4 is 0 Å². The molecule has 2 aromatic rings. The first-order valence-corrected chi connectivity index (χ1v) is 9.40. The Morgan fingerprint density at radius 1 is 1.12 bits per heavy atom. The van der Waals surface area contributed by atoms with Gasteiger partial charge in [0.05, 0.1) is 19.0 Å². The molecule has 26 heavy (non-hydrogen) atoms. The van der Waals surface area contributed by atoms with E-state index in [1.165, 1.54) is 11.1 Å². The van der Waals surface area contributed by atoms with Gasteiger partial charge in [-0.25, -0.2) is 5.01 Å². The molecule has 6 nitrogen and oxygen atoms in total. The maximum absolute atomic E-state index is 12.2. The number of hydrazone groups is 1. The highest BCUT2D eigenvalue weighted by Crippen LogP contribution is 2.27. The van der Waals surface area contributed by atoms with Crippen LogP contribution in [0.2, 0.25) is 0 Å². The number of fused-ring (bicyclic) bond motifs is 1. The minimum atomic E-state index is -3.73. The van der Waals surface area contributed by atoms with Crippen molar-refractivity contribution in [2.24, 2.45) is 9.50 Å². The van der Waals surface area contributed by atoms with Crippen LogP contribution in [0, 0.1) is 11.3 Å². The Morgan fingerprint density at radius 3 is 2.62 bits per heavy atom. The van der Waals surface area contributed by atoms with Gasteiger partial charge < -0.3 is 0 Å². The second-order valence-electron chi connectivity index (χ2n) is 5.45. The van der Waals surface area contributed by atoms with Gasteiger partial charge >= 0.3 is 0 Å². The van der Waals surface area contributed by atoms with E-state index in [1.807, 2.05) is 42.5 Å². The van der Waals surface area contributed by atoms with Crippen LogP contribution >= 0.6 is 0 Å². The van der Waals surface area contributed by atoms with Crippen molar-refractivity contribution in [3.8, 4) is 6.07 Å². The Kier molecular flexibility index (Phi) is 5.25. The molecule has 1 aliphatic heterocycles. The molecule has 0 saturated carbocycles. The highest BCUT2D eigenvalue weighted by molar-refractivity contribution is 7.90. The molecule has 0 spiro atoms. The number of hydrogen-bond acceptors (Lipinski definition) is 5. The molecular formula is C19H16N4O2S. The zero-order valence-electron chi connectivity index (χ0n) is 13.9. The molecule has 130 valence electrons. The molecule has 0 N–H and O–H groups in total. The third-order valence-electron chi connectivity index (χ3n) is 3.67. The van der Waals surface area contributed by atoms with Gasteiger partial charge in [0, 0.05) is 11.8 Å². The summed E-state index contributed by atoms with van der Waals surface area (Å²) >= 11 is 0. The van der Waals surface area contributed by atoms with Gasteiger partial charge in [-0.3, -0.25) is 0 Å². The second kappa shape index (κ2) is 7.76. The third kappa shape index (κ3) is 3.87. The SMILES string of the molecule is N#CCCN(N=C/C=C/c1ccccc1)C1=NS(=O)(=O)c2ccccc21. The minimum Gasteiger partial charge on any atom is -0.246 e. The molecule has 0 atom stereocenters. The van der Waals surface area contributed by atoms with Gasteiger partial charge in [0.1, 0.15) is 4.90 Å². The van der Waals surface area contributed by atoms with Crippen molar-refractivity contribution >= 4 is 28.1 Å². The van der Waals surface area contributed by atoms with Gasteiger partial charge in [-0.05, 0) is 23.8 Å². The molecule has 0 fully saturated rings. The Labute approximate surface area is 152 Å². The average Bonchev–Trinajstić information content (AvgIpc) is 2.93. The Balaban J connectivity index is 1.86. The molecule has 3 rings (SSSR count). The van der Waals surface area contributed by atoms with E-state index in [0.29, 0.717) is 5.56 Å². The van der Waals surface area contributed by atoms with Crippen LogP contribution in [0.3, 0.4) is 0 Å². The van der Waals surface area contributed by atoms with Crippen LogP contribution in [-0.4, -0.2) is 32.0 Å². The first kappa shape index (κ1) is 17.6. The third-order valence-corrected chi connectivity index (χ3v) is 5.00. The molecule has 0 saturated heterocycles. The molecule has 0 aromatic heterocycles. The summed E-state index contributed by atoms with van der Waals surface area (Å²) in [7, 11) is -3.73. The molecule has 2 aromatic carbocycles. The molecule has 7 heteroatoms. The van der Waals surface area contributed by atoms with Crippen LogP contribution in [0.15, 0.2) is 75.1 Å². The van der Waals surface area contributed by atoms with Crippen LogP contribution in [0.5, 0.6) is 0 Å². The van der Waals surface area contributed by atoms with E-state index in [-0.39, 0.29) is 23.7 Å². The molecule has 1 heterocycles. The minimum absolute atomic E-state index is 0.159. The first-order chi connectivity index (χ1) is 12.6. The van der Waals surface area contributed by atoms with Crippen molar-refractivity contribution in [1.82, 2.24) is 5.01 Å². The lowest BCUT2D eigenvalue weighted by Gasteiger charge is -2.16. The van der Waals surface area contributed by atoms with Crippen LogP contribution in [0.25, 0.3) is 6.08 Å². The molecule has 0 bridgehead atoms. The summed E-state index contributed by atoms with van der Waals surface area (Å²) in [4.78, 5) is 0.159. The Morgan fingerprint density at radius 2 is 1.85 bits per heavy atom. The lowest BCUT2D eigenvalue weighted by Crippen LogP contribution is -2.26. The summed E-state index contributed by atoms with van der Waals surface area (Å²) in [5, 5.41) is 14.6. The van der Waals surface area contributed by atoms with Crippen LogP contribution in [0.1, 0.15) is 17.5 Å². The highest BCUT2D eigenvalue weighted by atomic mass is 32.2. The number of nitriles is 1. The van der Waals surface area contributed by atoms with Gasteiger partial charge in [0.15, 0.2) is 5.84 Å². The van der Waals surface area contributed by atoms with Gasteiger partial charge in [0.2, 0.25) is 0 Å². The largest absolute Gasteiger partial charge is 0.285 e. The van der Waals surface area contributed by atoms with Crippen LogP contribution in [-0.2, 0) is 10.0 Å². The van der Waals surface area contributed by atoms with Gasteiger partial charge in [-0.2, -0.15) is 18.8 Å². The lowest BCUT2D eigenvalue weighted by molar-refractivity contribution is 0.459. The van der Waals surface area contributed by atoms with E-state index in [0.717, 1.165) is 5.56 Å². The van der Waals surface area contributed by atoms with Crippen molar-refractivity contribution in [3.63, 3.8) is 0 Å². The summed E-state index contributed by atoms with van der Waals surface area (Å²) in [5.41, 5.74) is 1.52. The predicted molar refractivity (Wildman–Crippen MR) is 101 cm³/mol. The van der Waals surface area contributed by atoms with E-state index in [1.54, 1.807) is 30.5 Å². The molecule has 0 aliphatic carbocycles. The van der Waals surface area contributed by atoms with E-state index in [4.69, 9.17) is 5.26 Å². The summed E-state index contributed by atoms with van der Waals surface area (Å²) in [6.07, 6.45) is 5.39. The van der Waals surface area contributed by atoms with E-state index in [9.17, 15) is 8.42 Å². The smallest absolute Gasteiger partial charge is 0.246 e. The number of benzene rings is 2. The van der Waals surface area contributed by atoms with Crippen LogP contribution in [0.4, 0.5) is 0 Å². The zero-order valence-corrected chi connectivity index (χ0v) is 14.7. The molecular weight excluding hydrogens is 348 g/mol. The molecule has 0 radical (unpaired) electrons. The molecule has 0 amide bonds. The summed E-state index contributed by atoms with van der Waals surface area (Å²) in [6.45, 7) is 0.245.